The van der Waals surface area contributed by atoms with Crippen LogP contribution in [0.1, 0.15) is 30.2 Å². The molecule has 0 saturated heterocycles. The van der Waals surface area contributed by atoms with Crippen molar-refractivity contribution >= 4 is 11.7 Å². The number of anilines is 1. The normalized spacial score (nSPS) is 12.9. The fraction of sp³-hybridized carbons (Fsp3) is 0.241. The van der Waals surface area contributed by atoms with Crippen LogP contribution in [0.3, 0.4) is 0 Å². The molecule has 2 N–H and O–H groups in total. The summed E-state index contributed by atoms with van der Waals surface area (Å²) in [6.07, 6.45) is 1.80. The lowest BCUT2D eigenvalue weighted by molar-refractivity contribution is -0.136. The average molecular weight is 485 g/mol. The maximum atomic E-state index is 11.3. The molecule has 0 bridgehead atoms. The van der Waals surface area contributed by atoms with E-state index in [1.807, 2.05) is 67.6 Å². The summed E-state index contributed by atoms with van der Waals surface area (Å²) in [5.74, 6) is 1.44. The molecule has 1 unspecified atom stereocenters. The third kappa shape index (κ3) is 5.05. The Hall–Kier alpha value is -4.26. The SMILES string of the molecule is Cc1noc(-c2ccc(-c3ccccc3CC(=O)O)cc2)c1NC(C)CCc1ccc2c(c1)OCO2. The molecule has 1 aliphatic heterocycles. The van der Waals surface area contributed by atoms with E-state index in [9.17, 15) is 9.90 Å². The summed E-state index contributed by atoms with van der Waals surface area (Å²) in [6.45, 7) is 4.35. The van der Waals surface area contributed by atoms with Gasteiger partial charge in [-0.1, -0.05) is 59.8 Å². The number of ether oxygens (including phenoxy) is 2. The van der Waals surface area contributed by atoms with Gasteiger partial charge in [0.2, 0.25) is 6.79 Å². The number of carbonyl (C=O) groups is 1. The molecule has 3 aromatic carbocycles. The van der Waals surface area contributed by atoms with Gasteiger partial charge in [-0.3, -0.25) is 4.79 Å². The third-order valence-electron chi connectivity index (χ3n) is 6.37. The van der Waals surface area contributed by atoms with E-state index in [0.717, 1.165) is 58.0 Å². The summed E-state index contributed by atoms with van der Waals surface area (Å²) < 4.78 is 16.6. The van der Waals surface area contributed by atoms with E-state index in [4.69, 9.17) is 14.0 Å². The molecule has 0 radical (unpaired) electrons. The molecule has 36 heavy (non-hydrogen) atoms. The zero-order chi connectivity index (χ0) is 25.1. The first-order valence-corrected chi connectivity index (χ1v) is 12.0. The molecule has 4 aromatic rings. The third-order valence-corrected chi connectivity index (χ3v) is 6.37. The highest BCUT2D eigenvalue weighted by molar-refractivity contribution is 5.79. The van der Waals surface area contributed by atoms with E-state index < -0.39 is 5.97 Å². The van der Waals surface area contributed by atoms with Crippen LogP contribution in [0.15, 0.2) is 71.3 Å². The summed E-state index contributed by atoms with van der Waals surface area (Å²) in [4.78, 5) is 11.3. The van der Waals surface area contributed by atoms with E-state index in [1.165, 1.54) is 5.56 Å². The summed E-state index contributed by atoms with van der Waals surface area (Å²) >= 11 is 0. The first-order valence-electron chi connectivity index (χ1n) is 12.0. The van der Waals surface area contributed by atoms with E-state index in [1.54, 1.807) is 0 Å². The topological polar surface area (TPSA) is 93.8 Å². The minimum atomic E-state index is -0.848. The van der Waals surface area contributed by atoms with Crippen molar-refractivity contribution in [2.45, 2.75) is 39.2 Å². The zero-order valence-electron chi connectivity index (χ0n) is 20.3. The number of nitrogens with one attached hydrogen (secondary N) is 1. The number of hydrogen-bond donors (Lipinski definition) is 2. The fourth-order valence-electron chi connectivity index (χ4n) is 4.46. The highest BCUT2D eigenvalue weighted by Gasteiger charge is 2.18. The minimum absolute atomic E-state index is 0.0164. The summed E-state index contributed by atoms with van der Waals surface area (Å²) in [7, 11) is 0. The number of aryl methyl sites for hydroxylation is 2. The van der Waals surface area contributed by atoms with Crippen LogP contribution in [0.2, 0.25) is 0 Å². The number of carboxylic acid groups (broad SMARTS) is 1. The molecule has 7 nitrogen and oxygen atoms in total. The van der Waals surface area contributed by atoms with Gasteiger partial charge >= 0.3 is 5.97 Å². The monoisotopic (exact) mass is 484 g/mol. The van der Waals surface area contributed by atoms with Crippen LogP contribution < -0.4 is 14.8 Å². The number of aliphatic carboxylic acids is 1. The van der Waals surface area contributed by atoms with Crippen molar-refractivity contribution in [3.05, 3.63) is 83.6 Å². The van der Waals surface area contributed by atoms with Gasteiger partial charge in [0.1, 0.15) is 11.4 Å². The van der Waals surface area contributed by atoms with E-state index >= 15 is 0 Å². The summed E-state index contributed by atoms with van der Waals surface area (Å²) in [5, 5.41) is 17.0. The molecule has 2 heterocycles. The molecule has 0 fully saturated rings. The van der Waals surface area contributed by atoms with Gasteiger partial charge < -0.3 is 24.4 Å². The van der Waals surface area contributed by atoms with Gasteiger partial charge in [0, 0.05) is 11.6 Å². The Kier molecular flexibility index (Phi) is 6.62. The minimum Gasteiger partial charge on any atom is -0.481 e. The molecule has 1 aliphatic rings. The molecule has 0 spiro atoms. The Morgan fingerprint density at radius 2 is 1.78 bits per heavy atom. The van der Waals surface area contributed by atoms with Crippen LogP contribution in [-0.4, -0.2) is 29.1 Å². The van der Waals surface area contributed by atoms with Gasteiger partial charge in [0.15, 0.2) is 17.3 Å². The quantitative estimate of drug-likeness (QED) is 0.296. The van der Waals surface area contributed by atoms with Crippen LogP contribution in [0.25, 0.3) is 22.5 Å². The molecule has 0 aliphatic carbocycles. The van der Waals surface area contributed by atoms with Crippen molar-refractivity contribution in [3.8, 4) is 33.9 Å². The number of fused-ring (bicyclic) bond motifs is 1. The Labute approximate surface area is 209 Å². The largest absolute Gasteiger partial charge is 0.481 e. The molecule has 1 aromatic heterocycles. The van der Waals surface area contributed by atoms with Crippen molar-refractivity contribution in [1.82, 2.24) is 5.16 Å². The number of aromatic nitrogens is 1. The molecule has 0 amide bonds. The van der Waals surface area contributed by atoms with Gasteiger partial charge in [0.05, 0.1) is 6.42 Å². The number of hydrogen-bond acceptors (Lipinski definition) is 6. The van der Waals surface area contributed by atoms with Gasteiger partial charge in [-0.2, -0.15) is 0 Å². The molecule has 1 atom stereocenters. The lowest BCUT2D eigenvalue weighted by Crippen LogP contribution is -2.16. The molecule has 7 heteroatoms. The van der Waals surface area contributed by atoms with Crippen LogP contribution in [0, 0.1) is 6.92 Å². The summed E-state index contributed by atoms with van der Waals surface area (Å²) in [5.41, 5.74) is 6.44. The Morgan fingerprint density at radius 3 is 2.58 bits per heavy atom. The highest BCUT2D eigenvalue weighted by Crippen LogP contribution is 2.35. The van der Waals surface area contributed by atoms with Crippen LogP contribution >= 0.6 is 0 Å². The highest BCUT2D eigenvalue weighted by atomic mass is 16.7. The molecule has 184 valence electrons. The second-order valence-corrected chi connectivity index (χ2v) is 9.05. The Bertz CT molecular complexity index is 1380. The van der Waals surface area contributed by atoms with Crippen LogP contribution in [0.4, 0.5) is 5.69 Å². The number of nitrogens with zero attached hydrogens (tertiary/aromatic N) is 1. The van der Waals surface area contributed by atoms with Gasteiger partial charge in [-0.25, -0.2) is 0 Å². The van der Waals surface area contributed by atoms with Crippen LogP contribution in [0.5, 0.6) is 11.5 Å². The van der Waals surface area contributed by atoms with Crippen molar-refractivity contribution in [2.24, 2.45) is 0 Å². The van der Waals surface area contributed by atoms with Crippen molar-refractivity contribution in [1.29, 1.82) is 0 Å². The smallest absolute Gasteiger partial charge is 0.307 e. The maximum absolute atomic E-state index is 11.3. The second-order valence-electron chi connectivity index (χ2n) is 9.05. The van der Waals surface area contributed by atoms with Gasteiger partial charge in [-0.15, -0.1) is 0 Å². The number of rotatable bonds is 9. The maximum Gasteiger partial charge on any atom is 0.307 e. The molecule has 0 saturated carbocycles. The molecular formula is C29H28N2O5. The number of benzene rings is 3. The predicted molar refractivity (Wildman–Crippen MR) is 137 cm³/mol. The standard InChI is InChI=1S/C29H28N2O5/c1-18(7-8-20-9-14-25-26(15-20)35-17-34-25)30-28-19(2)31-36-29(28)22-12-10-21(11-13-22)24-6-4-3-5-23(24)16-27(32)33/h3-6,9-15,18,30H,7-8,16-17H2,1-2H3,(H,32,33). The second kappa shape index (κ2) is 10.2. The van der Waals surface area contributed by atoms with Crippen LogP contribution in [-0.2, 0) is 17.6 Å². The van der Waals surface area contributed by atoms with Gasteiger partial charge in [0.25, 0.3) is 0 Å². The molecule has 5 rings (SSSR count). The van der Waals surface area contributed by atoms with Gasteiger partial charge in [-0.05, 0) is 61.1 Å². The van der Waals surface area contributed by atoms with E-state index in [0.29, 0.717) is 5.76 Å². The fourth-order valence-corrected chi connectivity index (χ4v) is 4.46. The first-order chi connectivity index (χ1) is 17.5. The lowest BCUT2D eigenvalue weighted by Gasteiger charge is -2.16. The Morgan fingerprint density at radius 1 is 1.03 bits per heavy atom. The van der Waals surface area contributed by atoms with Crippen molar-refractivity contribution in [3.63, 3.8) is 0 Å². The van der Waals surface area contributed by atoms with Crippen molar-refractivity contribution < 1.29 is 23.9 Å². The van der Waals surface area contributed by atoms with E-state index in [2.05, 4.69) is 23.5 Å². The Balaban J connectivity index is 1.29. The zero-order valence-corrected chi connectivity index (χ0v) is 20.3. The lowest BCUT2D eigenvalue weighted by atomic mass is 9.96. The van der Waals surface area contributed by atoms with Crippen molar-refractivity contribution in [2.75, 3.05) is 12.1 Å². The number of carboxylic acids is 1. The first kappa shape index (κ1) is 23.5. The average Bonchev–Trinajstić information content (AvgIpc) is 3.49. The van der Waals surface area contributed by atoms with E-state index in [-0.39, 0.29) is 19.3 Å². The molecular weight excluding hydrogens is 456 g/mol. The predicted octanol–water partition coefficient (Wildman–Crippen LogP) is 6.11. The summed E-state index contributed by atoms with van der Waals surface area (Å²) in [6, 6.07) is 21.8.